The van der Waals surface area contributed by atoms with E-state index < -0.39 is 0 Å². The second-order valence-electron chi connectivity index (χ2n) is 9.06. The van der Waals surface area contributed by atoms with Gasteiger partial charge in [-0.3, -0.25) is 4.98 Å². The second-order valence-corrected chi connectivity index (χ2v) is 9.06. The van der Waals surface area contributed by atoms with E-state index in [4.69, 9.17) is 23.7 Å². The summed E-state index contributed by atoms with van der Waals surface area (Å²) in [6, 6.07) is 8.22. The van der Waals surface area contributed by atoms with Gasteiger partial charge in [0.25, 0.3) is 0 Å². The maximum absolute atomic E-state index is 5.71. The number of rotatable bonds is 6. The van der Waals surface area contributed by atoms with Gasteiger partial charge in [0.05, 0.1) is 33.2 Å². The summed E-state index contributed by atoms with van der Waals surface area (Å²) in [4.78, 5) is 13.6. The fourth-order valence-electron chi connectivity index (χ4n) is 5.19. The van der Waals surface area contributed by atoms with Gasteiger partial charge in [-0.2, -0.15) is 4.98 Å². The van der Waals surface area contributed by atoms with Crippen LogP contribution in [0.1, 0.15) is 25.7 Å². The zero-order chi connectivity index (χ0) is 23.5. The molecule has 0 radical (unpaired) electrons. The van der Waals surface area contributed by atoms with Crippen LogP contribution >= 0.6 is 0 Å². The number of ether oxygens (including phenoxy) is 3. The Morgan fingerprint density at radius 2 is 1.68 bits per heavy atom. The Labute approximate surface area is 199 Å². The lowest BCUT2D eigenvalue weighted by Gasteiger charge is -2.47. The van der Waals surface area contributed by atoms with E-state index >= 15 is 0 Å². The number of benzene rings is 1. The molecule has 5 rings (SSSR count). The van der Waals surface area contributed by atoms with Crippen molar-refractivity contribution in [3.8, 4) is 28.6 Å². The van der Waals surface area contributed by atoms with Crippen molar-refractivity contribution in [3.63, 3.8) is 0 Å². The highest BCUT2D eigenvalue weighted by Gasteiger charge is 2.40. The fourth-order valence-corrected chi connectivity index (χ4v) is 5.19. The standard InChI is InChI=1S/C25H31N5O4/c1-31-19-13-18(14-20(15-19)32-2)23-27-24(34-28-23)30-10-4-6-25(17-30)7-11-29(12-8-25)21-5-9-26-16-22(21)33-3/h5,9,13-16H,4,6-8,10-12,17H2,1-3H3. The predicted octanol–water partition coefficient (Wildman–Crippen LogP) is 4.04. The van der Waals surface area contributed by atoms with E-state index in [1.807, 2.05) is 30.5 Å². The first-order chi connectivity index (χ1) is 16.6. The number of aromatic nitrogens is 3. The molecule has 0 saturated carbocycles. The SMILES string of the molecule is COc1cc(OC)cc(-c2noc(N3CCCC4(CCN(c5ccncc5OC)CC4)C3)n2)c1. The van der Waals surface area contributed by atoms with Gasteiger partial charge in [-0.15, -0.1) is 0 Å². The lowest BCUT2D eigenvalue weighted by molar-refractivity contribution is 0.173. The van der Waals surface area contributed by atoms with Gasteiger partial charge in [0.15, 0.2) is 5.75 Å². The van der Waals surface area contributed by atoms with Crippen LogP contribution in [0, 0.1) is 5.41 Å². The Kier molecular flexibility index (Phi) is 6.17. The van der Waals surface area contributed by atoms with Crippen LogP contribution in [0.25, 0.3) is 11.4 Å². The van der Waals surface area contributed by atoms with Crippen LogP contribution < -0.4 is 24.0 Å². The van der Waals surface area contributed by atoms with Gasteiger partial charge in [0.1, 0.15) is 11.5 Å². The molecule has 0 aliphatic carbocycles. The van der Waals surface area contributed by atoms with Crippen molar-refractivity contribution in [2.24, 2.45) is 5.41 Å². The molecule has 9 heteroatoms. The Hall–Kier alpha value is -3.49. The summed E-state index contributed by atoms with van der Waals surface area (Å²) < 4.78 is 22.0. The Morgan fingerprint density at radius 1 is 0.912 bits per heavy atom. The molecule has 180 valence electrons. The molecular formula is C25H31N5O4. The summed E-state index contributed by atoms with van der Waals surface area (Å²) in [6.45, 7) is 3.84. The predicted molar refractivity (Wildman–Crippen MR) is 129 cm³/mol. The van der Waals surface area contributed by atoms with Crippen molar-refractivity contribution >= 4 is 11.7 Å². The molecule has 1 aromatic carbocycles. The van der Waals surface area contributed by atoms with Gasteiger partial charge in [-0.1, -0.05) is 5.16 Å². The minimum atomic E-state index is 0.253. The van der Waals surface area contributed by atoms with E-state index in [0.29, 0.717) is 23.3 Å². The molecule has 2 fully saturated rings. The average molecular weight is 466 g/mol. The Balaban J connectivity index is 1.29. The summed E-state index contributed by atoms with van der Waals surface area (Å²) >= 11 is 0. The minimum absolute atomic E-state index is 0.253. The van der Waals surface area contributed by atoms with E-state index in [2.05, 4.69) is 19.9 Å². The number of methoxy groups -OCH3 is 3. The number of pyridine rings is 1. The molecule has 1 spiro atoms. The molecule has 0 N–H and O–H groups in total. The zero-order valence-electron chi connectivity index (χ0n) is 20.0. The topological polar surface area (TPSA) is 86.0 Å². The number of hydrogen-bond donors (Lipinski definition) is 0. The Bertz CT molecular complexity index is 1100. The third kappa shape index (κ3) is 4.34. The van der Waals surface area contributed by atoms with Crippen molar-refractivity contribution in [2.45, 2.75) is 25.7 Å². The molecule has 2 aliphatic heterocycles. The normalized spacial score (nSPS) is 17.6. The van der Waals surface area contributed by atoms with Gasteiger partial charge in [-0.05, 0) is 49.3 Å². The molecule has 0 bridgehead atoms. The summed E-state index contributed by atoms with van der Waals surface area (Å²) in [6.07, 6.45) is 8.18. The van der Waals surface area contributed by atoms with Crippen LogP contribution in [0.4, 0.5) is 11.7 Å². The molecule has 0 amide bonds. The zero-order valence-corrected chi connectivity index (χ0v) is 20.0. The monoisotopic (exact) mass is 465 g/mol. The maximum atomic E-state index is 5.71. The molecule has 2 aromatic heterocycles. The summed E-state index contributed by atoms with van der Waals surface area (Å²) in [7, 11) is 4.96. The lowest BCUT2D eigenvalue weighted by Crippen LogP contribution is -2.50. The molecular weight excluding hydrogens is 434 g/mol. The highest BCUT2D eigenvalue weighted by atomic mass is 16.5. The van der Waals surface area contributed by atoms with E-state index in [9.17, 15) is 0 Å². The van der Waals surface area contributed by atoms with Crippen molar-refractivity contribution in [1.29, 1.82) is 0 Å². The van der Waals surface area contributed by atoms with Gasteiger partial charge < -0.3 is 28.5 Å². The van der Waals surface area contributed by atoms with Crippen molar-refractivity contribution in [1.82, 2.24) is 15.1 Å². The van der Waals surface area contributed by atoms with Crippen LogP contribution in [-0.4, -0.2) is 62.6 Å². The van der Waals surface area contributed by atoms with Gasteiger partial charge in [0.2, 0.25) is 5.82 Å². The highest BCUT2D eigenvalue weighted by molar-refractivity contribution is 5.61. The number of piperidine rings is 2. The maximum Gasteiger partial charge on any atom is 0.324 e. The van der Waals surface area contributed by atoms with E-state index in [0.717, 1.165) is 62.4 Å². The van der Waals surface area contributed by atoms with Crippen LogP contribution in [0.3, 0.4) is 0 Å². The molecule has 0 unspecified atom stereocenters. The molecule has 0 atom stereocenters. The number of hydrogen-bond acceptors (Lipinski definition) is 9. The molecule has 2 aliphatic rings. The number of nitrogens with zero attached hydrogens (tertiary/aromatic N) is 5. The highest BCUT2D eigenvalue weighted by Crippen LogP contribution is 2.43. The quantitative estimate of drug-likeness (QED) is 0.535. The van der Waals surface area contributed by atoms with E-state index in [-0.39, 0.29) is 5.41 Å². The molecule has 4 heterocycles. The van der Waals surface area contributed by atoms with Crippen molar-refractivity contribution < 1.29 is 18.7 Å². The molecule has 3 aromatic rings. The van der Waals surface area contributed by atoms with Crippen molar-refractivity contribution in [3.05, 3.63) is 36.7 Å². The van der Waals surface area contributed by atoms with Crippen LogP contribution in [0.5, 0.6) is 17.2 Å². The summed E-state index contributed by atoms with van der Waals surface area (Å²) in [5.41, 5.74) is 2.18. The smallest absolute Gasteiger partial charge is 0.324 e. The first-order valence-corrected chi connectivity index (χ1v) is 11.7. The largest absolute Gasteiger partial charge is 0.497 e. The van der Waals surface area contributed by atoms with Gasteiger partial charge in [0, 0.05) is 44.0 Å². The average Bonchev–Trinajstić information content (AvgIpc) is 3.39. The third-order valence-electron chi connectivity index (χ3n) is 7.10. The van der Waals surface area contributed by atoms with Gasteiger partial charge >= 0.3 is 6.01 Å². The number of anilines is 2. The Morgan fingerprint density at radius 3 is 2.38 bits per heavy atom. The minimum Gasteiger partial charge on any atom is -0.497 e. The van der Waals surface area contributed by atoms with Crippen LogP contribution in [-0.2, 0) is 0 Å². The fraction of sp³-hybridized carbons (Fsp3) is 0.480. The lowest BCUT2D eigenvalue weighted by atomic mass is 9.72. The third-order valence-corrected chi connectivity index (χ3v) is 7.10. The first-order valence-electron chi connectivity index (χ1n) is 11.7. The summed E-state index contributed by atoms with van der Waals surface area (Å²) in [5, 5.41) is 4.25. The van der Waals surface area contributed by atoms with Crippen LogP contribution in [0.15, 0.2) is 41.2 Å². The van der Waals surface area contributed by atoms with E-state index in [1.54, 1.807) is 27.5 Å². The van der Waals surface area contributed by atoms with Crippen molar-refractivity contribution in [2.75, 3.05) is 57.3 Å². The second kappa shape index (κ2) is 9.40. The van der Waals surface area contributed by atoms with Gasteiger partial charge in [-0.25, -0.2) is 0 Å². The first kappa shape index (κ1) is 22.3. The molecule has 34 heavy (non-hydrogen) atoms. The molecule has 2 saturated heterocycles. The van der Waals surface area contributed by atoms with E-state index in [1.165, 1.54) is 6.42 Å². The summed E-state index contributed by atoms with van der Waals surface area (Å²) in [5.74, 6) is 2.74. The van der Waals surface area contributed by atoms with Crippen LogP contribution in [0.2, 0.25) is 0 Å². The molecule has 9 nitrogen and oxygen atoms in total.